The molecule has 0 saturated carbocycles. The van der Waals surface area contributed by atoms with Crippen LogP contribution >= 0.6 is 0 Å². The van der Waals surface area contributed by atoms with Crippen LogP contribution < -0.4 is 11.1 Å². The second-order valence-corrected chi connectivity index (χ2v) is 6.18. The largest absolute Gasteiger partial charge is 0.326 e. The van der Waals surface area contributed by atoms with Crippen molar-refractivity contribution < 1.29 is 10.1 Å². The number of hydrogen-bond acceptors (Lipinski definition) is 5. The van der Waals surface area contributed by atoms with E-state index in [0.717, 1.165) is 13.1 Å². The number of hydrogen-bond donors (Lipinski definition) is 3. The van der Waals surface area contributed by atoms with Gasteiger partial charge in [0.15, 0.2) is 0 Å². The van der Waals surface area contributed by atoms with Crippen molar-refractivity contribution in [1.29, 1.82) is 0 Å². The SMILES string of the molecule is CC(C)(C)OO.NCc1ccc(CNCc2ccncc2)cc1. The van der Waals surface area contributed by atoms with Gasteiger partial charge in [0.2, 0.25) is 0 Å². The van der Waals surface area contributed by atoms with Crippen molar-refractivity contribution >= 4 is 0 Å². The predicted molar refractivity (Wildman–Crippen MR) is 92.6 cm³/mol. The molecule has 0 atom stereocenters. The number of nitrogens with two attached hydrogens (primary N) is 1. The van der Waals surface area contributed by atoms with Crippen LogP contribution in [-0.4, -0.2) is 15.8 Å². The molecular weight excluding hydrogens is 290 g/mol. The smallest absolute Gasteiger partial charge is 0.0949 e. The lowest BCUT2D eigenvalue weighted by atomic mass is 10.1. The van der Waals surface area contributed by atoms with Crippen molar-refractivity contribution in [3.63, 3.8) is 0 Å². The number of nitrogens with zero attached hydrogens (tertiary/aromatic N) is 1. The highest BCUT2D eigenvalue weighted by Crippen LogP contribution is 2.04. The standard InChI is InChI=1S/C14H17N3.C4H10O2/c15-9-12-1-3-13(4-2-12)10-17-11-14-5-7-16-8-6-14;1-4(2,3)6-5/h1-8,17H,9-11,15H2;5H,1-3H3. The van der Waals surface area contributed by atoms with Crippen molar-refractivity contribution in [2.45, 2.75) is 46.0 Å². The molecule has 1 aromatic heterocycles. The minimum atomic E-state index is -0.403. The normalized spacial score (nSPS) is 10.8. The average molecular weight is 317 g/mol. The van der Waals surface area contributed by atoms with Crippen molar-refractivity contribution in [2.24, 2.45) is 5.73 Å². The molecule has 23 heavy (non-hydrogen) atoms. The van der Waals surface area contributed by atoms with E-state index in [1.165, 1.54) is 16.7 Å². The van der Waals surface area contributed by atoms with E-state index in [0.29, 0.717) is 6.54 Å². The van der Waals surface area contributed by atoms with Crippen molar-refractivity contribution in [3.8, 4) is 0 Å². The highest BCUT2D eigenvalue weighted by atomic mass is 17.1. The number of aromatic nitrogens is 1. The third kappa shape index (κ3) is 9.05. The molecule has 0 aliphatic rings. The summed E-state index contributed by atoms with van der Waals surface area (Å²) in [5.41, 5.74) is 8.84. The Hall–Kier alpha value is -1.79. The summed E-state index contributed by atoms with van der Waals surface area (Å²) in [5.74, 6) is 0. The van der Waals surface area contributed by atoms with Crippen LogP contribution in [-0.2, 0) is 24.5 Å². The van der Waals surface area contributed by atoms with E-state index in [-0.39, 0.29) is 0 Å². The summed E-state index contributed by atoms with van der Waals surface area (Å²) < 4.78 is 0. The Bertz CT molecular complexity index is 536. The second kappa shape index (κ2) is 10.1. The van der Waals surface area contributed by atoms with E-state index >= 15 is 0 Å². The summed E-state index contributed by atoms with van der Waals surface area (Å²) >= 11 is 0. The first-order chi connectivity index (χ1) is 10.9. The molecule has 5 heteroatoms. The monoisotopic (exact) mass is 317 g/mol. The molecule has 0 unspecified atom stereocenters. The number of rotatable bonds is 5. The first-order valence-electron chi connectivity index (χ1n) is 7.64. The zero-order valence-corrected chi connectivity index (χ0v) is 14.1. The molecule has 0 fully saturated rings. The lowest BCUT2D eigenvalue weighted by Crippen LogP contribution is -2.15. The Balaban J connectivity index is 0.000000379. The lowest BCUT2D eigenvalue weighted by molar-refractivity contribution is -0.306. The molecule has 2 rings (SSSR count). The van der Waals surface area contributed by atoms with Gasteiger partial charge in [0.25, 0.3) is 0 Å². The summed E-state index contributed by atoms with van der Waals surface area (Å²) in [6, 6.07) is 12.4. The number of nitrogens with one attached hydrogen (secondary N) is 1. The van der Waals surface area contributed by atoms with E-state index in [4.69, 9.17) is 11.0 Å². The van der Waals surface area contributed by atoms with Crippen LogP contribution in [0.4, 0.5) is 0 Å². The van der Waals surface area contributed by atoms with Gasteiger partial charge >= 0.3 is 0 Å². The van der Waals surface area contributed by atoms with Crippen LogP contribution in [0.5, 0.6) is 0 Å². The van der Waals surface area contributed by atoms with Crippen molar-refractivity contribution in [1.82, 2.24) is 10.3 Å². The van der Waals surface area contributed by atoms with Gasteiger partial charge in [0.1, 0.15) is 0 Å². The molecule has 0 bridgehead atoms. The summed E-state index contributed by atoms with van der Waals surface area (Å²) in [6.45, 7) is 7.64. The molecule has 0 saturated heterocycles. The van der Waals surface area contributed by atoms with Crippen molar-refractivity contribution in [2.75, 3.05) is 0 Å². The van der Waals surface area contributed by atoms with Crippen LogP contribution in [0, 0.1) is 0 Å². The van der Waals surface area contributed by atoms with Gasteiger partial charge in [-0.15, -0.1) is 0 Å². The van der Waals surface area contributed by atoms with Gasteiger partial charge in [0, 0.05) is 32.0 Å². The van der Waals surface area contributed by atoms with Gasteiger partial charge in [-0.2, -0.15) is 0 Å². The maximum absolute atomic E-state index is 7.90. The fourth-order valence-corrected chi connectivity index (χ4v) is 1.65. The van der Waals surface area contributed by atoms with Crippen LogP contribution in [0.15, 0.2) is 48.8 Å². The predicted octanol–water partition coefficient (Wildman–Crippen LogP) is 3.10. The maximum Gasteiger partial charge on any atom is 0.0949 e. The average Bonchev–Trinajstić information content (AvgIpc) is 2.56. The van der Waals surface area contributed by atoms with E-state index in [1.807, 2.05) is 24.5 Å². The van der Waals surface area contributed by atoms with Crippen LogP contribution in [0.3, 0.4) is 0 Å². The van der Waals surface area contributed by atoms with Gasteiger partial charge in [-0.1, -0.05) is 24.3 Å². The quantitative estimate of drug-likeness (QED) is 0.583. The molecule has 0 aliphatic carbocycles. The summed E-state index contributed by atoms with van der Waals surface area (Å²) in [5, 5.41) is 11.3. The Kier molecular flexibility index (Phi) is 8.43. The molecule has 5 nitrogen and oxygen atoms in total. The maximum atomic E-state index is 7.90. The molecule has 4 N–H and O–H groups in total. The Morgan fingerprint density at radius 3 is 1.83 bits per heavy atom. The third-order valence-corrected chi connectivity index (χ3v) is 2.94. The fourth-order valence-electron chi connectivity index (χ4n) is 1.65. The minimum absolute atomic E-state index is 0.403. The molecule has 0 aliphatic heterocycles. The molecule has 0 spiro atoms. The van der Waals surface area contributed by atoms with Gasteiger partial charge in [-0.25, -0.2) is 4.89 Å². The topological polar surface area (TPSA) is 80.4 Å². The second-order valence-electron chi connectivity index (χ2n) is 6.18. The first-order valence-corrected chi connectivity index (χ1v) is 7.64. The molecule has 126 valence electrons. The Labute approximate surface area is 138 Å². The third-order valence-electron chi connectivity index (χ3n) is 2.94. The van der Waals surface area contributed by atoms with E-state index in [9.17, 15) is 0 Å². The highest BCUT2D eigenvalue weighted by molar-refractivity contribution is 5.22. The van der Waals surface area contributed by atoms with E-state index in [1.54, 1.807) is 20.8 Å². The van der Waals surface area contributed by atoms with Crippen LogP contribution in [0.1, 0.15) is 37.5 Å². The summed E-state index contributed by atoms with van der Waals surface area (Å²) in [7, 11) is 0. The summed E-state index contributed by atoms with van der Waals surface area (Å²) in [6.07, 6.45) is 3.63. The minimum Gasteiger partial charge on any atom is -0.326 e. The van der Waals surface area contributed by atoms with Crippen LogP contribution in [0.25, 0.3) is 0 Å². The molecule has 1 aromatic carbocycles. The van der Waals surface area contributed by atoms with Gasteiger partial charge in [-0.05, 0) is 49.6 Å². The van der Waals surface area contributed by atoms with Gasteiger partial charge in [-0.3, -0.25) is 10.2 Å². The Morgan fingerprint density at radius 1 is 0.957 bits per heavy atom. The molecule has 0 amide bonds. The molecule has 2 aromatic rings. The molecule has 0 radical (unpaired) electrons. The highest BCUT2D eigenvalue weighted by Gasteiger charge is 2.07. The number of benzene rings is 1. The van der Waals surface area contributed by atoms with Gasteiger partial charge < -0.3 is 11.1 Å². The van der Waals surface area contributed by atoms with E-state index in [2.05, 4.69) is 39.5 Å². The van der Waals surface area contributed by atoms with E-state index < -0.39 is 5.60 Å². The zero-order valence-electron chi connectivity index (χ0n) is 14.1. The summed E-state index contributed by atoms with van der Waals surface area (Å²) in [4.78, 5) is 7.93. The van der Waals surface area contributed by atoms with Gasteiger partial charge in [0.05, 0.1) is 5.60 Å². The first kappa shape index (κ1) is 19.3. The fraction of sp³-hybridized carbons (Fsp3) is 0.389. The zero-order chi connectivity index (χ0) is 17.1. The number of pyridine rings is 1. The van der Waals surface area contributed by atoms with Crippen LogP contribution in [0.2, 0.25) is 0 Å². The molecular formula is C18H27N3O2. The lowest BCUT2D eigenvalue weighted by Gasteiger charge is -2.10. The van der Waals surface area contributed by atoms with Crippen molar-refractivity contribution in [3.05, 3.63) is 65.5 Å². The molecule has 1 heterocycles. The Morgan fingerprint density at radius 2 is 1.39 bits per heavy atom.